The van der Waals surface area contributed by atoms with E-state index in [1.54, 1.807) is 0 Å². The maximum Gasteiger partial charge on any atom is 0.332 e. The van der Waals surface area contributed by atoms with E-state index in [1.165, 1.54) is 9.80 Å². The number of ether oxygens (including phenoxy) is 1. The van der Waals surface area contributed by atoms with Gasteiger partial charge in [-0.25, -0.2) is 14.4 Å². The van der Waals surface area contributed by atoms with Gasteiger partial charge in [0.1, 0.15) is 6.61 Å². The van der Waals surface area contributed by atoms with Crippen LogP contribution in [0.5, 0.6) is 0 Å². The number of hydrogen-bond acceptors (Lipinski definition) is 4. The third-order valence-corrected chi connectivity index (χ3v) is 5.57. The molecule has 1 aliphatic heterocycles. The monoisotopic (exact) mass is 444 g/mol. The van der Waals surface area contributed by atoms with Crippen molar-refractivity contribution in [2.75, 3.05) is 0 Å². The van der Waals surface area contributed by atoms with Gasteiger partial charge in [0.25, 0.3) is 0 Å². The summed E-state index contributed by atoms with van der Waals surface area (Å²) in [6, 6.07) is 24.2. The highest BCUT2D eigenvalue weighted by atomic mass is 16.5. The first kappa shape index (κ1) is 22.1. The molecule has 4 rings (SSSR count). The Hall–Kier alpha value is -4.13. The lowest BCUT2D eigenvalue weighted by Gasteiger charge is -2.24. The van der Waals surface area contributed by atoms with Crippen LogP contribution in [0, 0.1) is 0 Å². The van der Waals surface area contributed by atoms with E-state index in [9.17, 15) is 19.5 Å². The summed E-state index contributed by atoms with van der Waals surface area (Å²) in [6.07, 6.45) is 0. The minimum absolute atomic E-state index is 0.00539. The number of carboxylic acids is 1. The molecule has 0 radical (unpaired) electrons. The Morgan fingerprint density at radius 3 is 1.58 bits per heavy atom. The second-order valence-electron chi connectivity index (χ2n) is 7.83. The standard InChI is InChI=1S/C26H24N2O5/c29-24(30)22-23(25(31)33-18-21-14-8-3-9-15-21)28(17-20-12-6-2-7-13-20)26(32)27(22)16-19-10-4-1-5-11-19/h1-15,22-23H,16-18H2,(H,29,30)/t22-,23-/m1/s1. The SMILES string of the molecule is O=C(O)[C@H]1[C@H](C(=O)OCc2ccccc2)N(Cc2ccccc2)C(=O)N1Cc1ccccc1. The number of carbonyl (C=O) groups is 3. The first-order valence-corrected chi connectivity index (χ1v) is 10.6. The summed E-state index contributed by atoms with van der Waals surface area (Å²) >= 11 is 0. The predicted molar refractivity (Wildman–Crippen MR) is 121 cm³/mol. The van der Waals surface area contributed by atoms with Crippen LogP contribution >= 0.6 is 0 Å². The number of nitrogens with zero attached hydrogens (tertiary/aromatic N) is 2. The highest BCUT2D eigenvalue weighted by Gasteiger charge is 2.53. The number of aliphatic carboxylic acids is 1. The van der Waals surface area contributed by atoms with Crippen LogP contribution in [0.2, 0.25) is 0 Å². The third kappa shape index (κ3) is 5.03. The Labute approximate surface area is 191 Å². The van der Waals surface area contributed by atoms with Crippen LogP contribution < -0.4 is 0 Å². The zero-order chi connectivity index (χ0) is 23.2. The van der Waals surface area contributed by atoms with Gasteiger partial charge in [0.15, 0.2) is 12.1 Å². The second-order valence-corrected chi connectivity index (χ2v) is 7.83. The van der Waals surface area contributed by atoms with Crippen LogP contribution in [0.15, 0.2) is 91.0 Å². The van der Waals surface area contributed by atoms with Crippen molar-refractivity contribution in [3.63, 3.8) is 0 Å². The molecule has 1 N–H and O–H groups in total. The van der Waals surface area contributed by atoms with E-state index in [4.69, 9.17) is 4.74 Å². The molecule has 2 atom stereocenters. The van der Waals surface area contributed by atoms with E-state index in [2.05, 4.69) is 0 Å². The fourth-order valence-electron chi connectivity index (χ4n) is 3.97. The minimum atomic E-state index is -1.37. The van der Waals surface area contributed by atoms with Gasteiger partial charge in [-0.2, -0.15) is 0 Å². The molecule has 0 bridgehead atoms. The van der Waals surface area contributed by atoms with Crippen molar-refractivity contribution < 1.29 is 24.2 Å². The lowest BCUT2D eigenvalue weighted by molar-refractivity contribution is -0.156. The quantitative estimate of drug-likeness (QED) is 0.536. The minimum Gasteiger partial charge on any atom is -0.480 e. The highest BCUT2D eigenvalue weighted by Crippen LogP contribution is 2.29. The van der Waals surface area contributed by atoms with Crippen molar-refractivity contribution in [1.29, 1.82) is 0 Å². The number of amides is 2. The normalized spacial score (nSPS) is 17.8. The molecular weight excluding hydrogens is 420 g/mol. The molecule has 3 aromatic rings. The van der Waals surface area contributed by atoms with Crippen LogP contribution in [0.4, 0.5) is 4.79 Å². The van der Waals surface area contributed by atoms with E-state index in [0.717, 1.165) is 16.7 Å². The molecule has 2 amide bonds. The number of carbonyl (C=O) groups excluding carboxylic acids is 2. The molecule has 0 aliphatic carbocycles. The lowest BCUT2D eigenvalue weighted by atomic mass is 10.1. The maximum absolute atomic E-state index is 13.4. The number of urea groups is 1. The smallest absolute Gasteiger partial charge is 0.332 e. The summed E-state index contributed by atoms with van der Waals surface area (Å²) in [5.41, 5.74) is 2.34. The summed E-state index contributed by atoms with van der Waals surface area (Å²) in [7, 11) is 0. The van der Waals surface area contributed by atoms with E-state index < -0.39 is 30.1 Å². The molecule has 7 nitrogen and oxygen atoms in total. The fourth-order valence-corrected chi connectivity index (χ4v) is 3.97. The van der Waals surface area contributed by atoms with Crippen molar-refractivity contribution in [2.45, 2.75) is 31.8 Å². The molecular formula is C26H24N2O5. The van der Waals surface area contributed by atoms with Gasteiger partial charge in [-0.3, -0.25) is 0 Å². The number of benzene rings is 3. The zero-order valence-electron chi connectivity index (χ0n) is 17.9. The largest absolute Gasteiger partial charge is 0.480 e. The van der Waals surface area contributed by atoms with E-state index in [1.807, 2.05) is 91.0 Å². The van der Waals surface area contributed by atoms with Gasteiger partial charge in [-0.15, -0.1) is 0 Å². The Morgan fingerprint density at radius 1 is 0.697 bits per heavy atom. The lowest BCUT2D eigenvalue weighted by Crippen LogP contribution is -2.48. The fraction of sp³-hybridized carbons (Fsp3) is 0.192. The molecule has 7 heteroatoms. The Bertz CT molecular complexity index is 1110. The first-order valence-electron chi connectivity index (χ1n) is 10.6. The van der Waals surface area contributed by atoms with Crippen LogP contribution in [0.25, 0.3) is 0 Å². The summed E-state index contributed by atoms with van der Waals surface area (Å²) in [6.45, 7) is 0.165. The molecule has 0 saturated carbocycles. The Morgan fingerprint density at radius 2 is 1.12 bits per heavy atom. The molecule has 0 aromatic heterocycles. The van der Waals surface area contributed by atoms with Crippen molar-refractivity contribution in [1.82, 2.24) is 9.80 Å². The highest BCUT2D eigenvalue weighted by molar-refractivity contribution is 5.96. The number of carboxylic acid groups (broad SMARTS) is 1. The van der Waals surface area contributed by atoms with Crippen LogP contribution in [-0.2, 0) is 34.0 Å². The second kappa shape index (κ2) is 9.99. The Kier molecular flexibility index (Phi) is 6.69. The van der Waals surface area contributed by atoms with Crippen molar-refractivity contribution in [3.05, 3.63) is 108 Å². The average Bonchev–Trinajstić information content (AvgIpc) is 3.11. The summed E-state index contributed by atoms with van der Waals surface area (Å²) in [5, 5.41) is 10.0. The van der Waals surface area contributed by atoms with Crippen molar-refractivity contribution >= 4 is 18.0 Å². The summed E-state index contributed by atoms with van der Waals surface area (Å²) in [5.74, 6) is -2.00. The predicted octanol–water partition coefficient (Wildman–Crippen LogP) is 3.69. The van der Waals surface area contributed by atoms with Gasteiger partial charge >= 0.3 is 18.0 Å². The molecule has 1 heterocycles. The maximum atomic E-state index is 13.4. The summed E-state index contributed by atoms with van der Waals surface area (Å²) in [4.78, 5) is 41.4. The van der Waals surface area contributed by atoms with Crippen LogP contribution in [0.1, 0.15) is 16.7 Å². The molecule has 33 heavy (non-hydrogen) atoms. The molecule has 3 aromatic carbocycles. The van der Waals surface area contributed by atoms with E-state index in [0.29, 0.717) is 0 Å². The zero-order valence-corrected chi connectivity index (χ0v) is 17.9. The first-order chi connectivity index (χ1) is 16.0. The van der Waals surface area contributed by atoms with Gasteiger partial charge < -0.3 is 19.6 Å². The van der Waals surface area contributed by atoms with E-state index >= 15 is 0 Å². The molecule has 0 unspecified atom stereocenters. The topological polar surface area (TPSA) is 87.1 Å². The number of esters is 1. The van der Waals surface area contributed by atoms with Gasteiger partial charge in [0.05, 0.1) is 0 Å². The van der Waals surface area contributed by atoms with Crippen molar-refractivity contribution in [2.24, 2.45) is 0 Å². The Balaban J connectivity index is 1.63. The number of hydrogen-bond donors (Lipinski definition) is 1. The van der Waals surface area contributed by atoms with E-state index in [-0.39, 0.29) is 19.7 Å². The van der Waals surface area contributed by atoms with Crippen molar-refractivity contribution in [3.8, 4) is 0 Å². The molecule has 0 spiro atoms. The van der Waals surface area contributed by atoms with Crippen LogP contribution in [-0.4, -0.2) is 45.0 Å². The molecule has 168 valence electrons. The third-order valence-electron chi connectivity index (χ3n) is 5.57. The van der Waals surface area contributed by atoms with Gasteiger partial charge in [-0.1, -0.05) is 91.0 Å². The molecule has 1 saturated heterocycles. The molecule has 1 fully saturated rings. The van der Waals surface area contributed by atoms with Gasteiger partial charge in [0.2, 0.25) is 0 Å². The molecule has 1 aliphatic rings. The average molecular weight is 444 g/mol. The van der Waals surface area contributed by atoms with Gasteiger partial charge in [-0.05, 0) is 16.7 Å². The number of rotatable bonds is 8. The van der Waals surface area contributed by atoms with Gasteiger partial charge in [0, 0.05) is 13.1 Å². The summed E-state index contributed by atoms with van der Waals surface area (Å²) < 4.78 is 5.48. The van der Waals surface area contributed by atoms with Crippen LogP contribution in [0.3, 0.4) is 0 Å².